The summed E-state index contributed by atoms with van der Waals surface area (Å²) in [5.74, 6) is -0.780. The van der Waals surface area contributed by atoms with E-state index in [2.05, 4.69) is 5.32 Å². The van der Waals surface area contributed by atoms with E-state index >= 15 is 0 Å². The van der Waals surface area contributed by atoms with Crippen molar-refractivity contribution < 1.29 is 14.7 Å². The number of carbonyl (C=O) groups is 2. The van der Waals surface area contributed by atoms with Crippen molar-refractivity contribution in [2.45, 2.75) is 53.0 Å². The normalized spacial score (nSPS) is 18.2. The molecule has 2 unspecified atom stereocenters. The Morgan fingerprint density at radius 1 is 1.35 bits per heavy atom. The van der Waals surface area contributed by atoms with E-state index in [-0.39, 0.29) is 24.0 Å². The summed E-state index contributed by atoms with van der Waals surface area (Å²) in [6, 6.07) is 0.0467. The van der Waals surface area contributed by atoms with Crippen molar-refractivity contribution in [3.63, 3.8) is 0 Å². The van der Waals surface area contributed by atoms with Gasteiger partial charge in [0, 0.05) is 19.6 Å². The summed E-state index contributed by atoms with van der Waals surface area (Å²) < 4.78 is 0. The van der Waals surface area contributed by atoms with E-state index in [1.807, 2.05) is 27.7 Å². The van der Waals surface area contributed by atoms with Gasteiger partial charge in [0.2, 0.25) is 0 Å². The van der Waals surface area contributed by atoms with Crippen molar-refractivity contribution in [2.75, 3.05) is 13.6 Å². The van der Waals surface area contributed by atoms with Crippen LogP contribution in [-0.2, 0) is 4.79 Å². The Labute approximate surface area is 121 Å². The van der Waals surface area contributed by atoms with Crippen LogP contribution in [0.3, 0.4) is 0 Å². The Hall–Kier alpha value is -1.26. The predicted octanol–water partition coefficient (Wildman–Crippen LogP) is 2.56. The summed E-state index contributed by atoms with van der Waals surface area (Å²) >= 11 is 0. The molecule has 1 rings (SSSR count). The average molecular weight is 284 g/mol. The standard InChI is InChI=1S/C15H28N2O3/c1-10(11-6-7-11)17(5)14(20)16-9-12(13(18)19)8-15(2,3)4/h10-12H,6-9H2,1-5H3,(H,16,20)(H,18,19). The van der Waals surface area contributed by atoms with Crippen LogP contribution in [0, 0.1) is 17.3 Å². The minimum Gasteiger partial charge on any atom is -0.481 e. The zero-order chi connectivity index (χ0) is 15.5. The van der Waals surface area contributed by atoms with Gasteiger partial charge in [-0.1, -0.05) is 20.8 Å². The summed E-state index contributed by atoms with van der Waals surface area (Å²) in [4.78, 5) is 25.0. The summed E-state index contributed by atoms with van der Waals surface area (Å²) in [6.07, 6.45) is 2.91. The summed E-state index contributed by atoms with van der Waals surface area (Å²) in [5, 5.41) is 12.0. The first-order chi connectivity index (χ1) is 9.11. The number of hydrogen-bond donors (Lipinski definition) is 2. The number of urea groups is 1. The first-order valence-corrected chi connectivity index (χ1v) is 7.35. The molecule has 2 atom stereocenters. The Morgan fingerprint density at radius 2 is 1.90 bits per heavy atom. The molecule has 0 saturated heterocycles. The molecule has 1 aliphatic carbocycles. The highest BCUT2D eigenvalue weighted by Crippen LogP contribution is 2.34. The molecule has 0 aromatic heterocycles. The molecule has 1 fully saturated rings. The smallest absolute Gasteiger partial charge is 0.317 e. The van der Waals surface area contributed by atoms with Crippen molar-refractivity contribution >= 4 is 12.0 Å². The highest BCUT2D eigenvalue weighted by atomic mass is 16.4. The van der Waals surface area contributed by atoms with Crippen molar-refractivity contribution in [1.82, 2.24) is 10.2 Å². The SMILES string of the molecule is CC(C1CC1)N(C)C(=O)NCC(CC(C)(C)C)C(=O)O. The lowest BCUT2D eigenvalue weighted by Gasteiger charge is -2.27. The molecule has 0 aliphatic heterocycles. The molecule has 0 heterocycles. The fourth-order valence-corrected chi connectivity index (χ4v) is 2.40. The largest absolute Gasteiger partial charge is 0.481 e. The van der Waals surface area contributed by atoms with E-state index in [4.69, 9.17) is 0 Å². The van der Waals surface area contributed by atoms with E-state index in [9.17, 15) is 14.7 Å². The van der Waals surface area contributed by atoms with Crippen LogP contribution in [-0.4, -0.2) is 41.6 Å². The van der Waals surface area contributed by atoms with Crippen LogP contribution in [0.2, 0.25) is 0 Å². The van der Waals surface area contributed by atoms with Gasteiger partial charge in [0.05, 0.1) is 5.92 Å². The monoisotopic (exact) mass is 284 g/mol. The molecule has 0 radical (unpaired) electrons. The van der Waals surface area contributed by atoms with Crippen LogP contribution in [0.15, 0.2) is 0 Å². The molecule has 0 spiro atoms. The molecule has 5 heteroatoms. The Bertz CT molecular complexity index is 359. The molecular formula is C15H28N2O3. The van der Waals surface area contributed by atoms with Crippen LogP contribution in [0.4, 0.5) is 4.79 Å². The van der Waals surface area contributed by atoms with Gasteiger partial charge in [-0.3, -0.25) is 4.79 Å². The third-order valence-corrected chi connectivity index (χ3v) is 3.94. The lowest BCUT2D eigenvalue weighted by atomic mass is 9.84. The second kappa shape index (κ2) is 6.46. The van der Waals surface area contributed by atoms with E-state index in [0.717, 1.165) is 0 Å². The molecule has 1 saturated carbocycles. The molecule has 0 bridgehead atoms. The number of aliphatic carboxylic acids is 1. The molecule has 5 nitrogen and oxygen atoms in total. The number of carboxylic acids is 1. The topological polar surface area (TPSA) is 69.6 Å². The summed E-state index contributed by atoms with van der Waals surface area (Å²) in [6.45, 7) is 8.25. The number of nitrogens with zero attached hydrogens (tertiary/aromatic N) is 1. The van der Waals surface area contributed by atoms with E-state index < -0.39 is 11.9 Å². The fraction of sp³-hybridized carbons (Fsp3) is 0.867. The predicted molar refractivity (Wildman–Crippen MR) is 78.5 cm³/mol. The number of rotatable bonds is 6. The second-order valence-electron chi connectivity index (χ2n) is 7.17. The minimum absolute atomic E-state index is 0.0685. The first kappa shape index (κ1) is 16.8. The van der Waals surface area contributed by atoms with Crippen molar-refractivity contribution in [3.05, 3.63) is 0 Å². The number of amides is 2. The van der Waals surface area contributed by atoms with Crippen molar-refractivity contribution in [1.29, 1.82) is 0 Å². The van der Waals surface area contributed by atoms with Crippen LogP contribution in [0.1, 0.15) is 47.0 Å². The zero-order valence-corrected chi connectivity index (χ0v) is 13.3. The van der Waals surface area contributed by atoms with Gasteiger partial charge in [-0.2, -0.15) is 0 Å². The van der Waals surface area contributed by atoms with Crippen LogP contribution in [0.5, 0.6) is 0 Å². The van der Waals surface area contributed by atoms with Crippen molar-refractivity contribution in [3.8, 4) is 0 Å². The molecule has 116 valence electrons. The van der Waals surface area contributed by atoms with Gasteiger partial charge in [-0.15, -0.1) is 0 Å². The maximum Gasteiger partial charge on any atom is 0.317 e. The van der Waals surface area contributed by atoms with Crippen LogP contribution < -0.4 is 5.32 Å². The van der Waals surface area contributed by atoms with Gasteiger partial charge in [-0.25, -0.2) is 4.79 Å². The molecular weight excluding hydrogens is 256 g/mol. The van der Waals surface area contributed by atoms with Gasteiger partial charge < -0.3 is 15.3 Å². The van der Waals surface area contributed by atoms with Crippen LogP contribution >= 0.6 is 0 Å². The van der Waals surface area contributed by atoms with Crippen LogP contribution in [0.25, 0.3) is 0 Å². The Balaban J connectivity index is 2.45. The van der Waals surface area contributed by atoms with Crippen molar-refractivity contribution in [2.24, 2.45) is 17.3 Å². The highest BCUT2D eigenvalue weighted by Gasteiger charge is 2.33. The zero-order valence-electron chi connectivity index (χ0n) is 13.3. The van der Waals surface area contributed by atoms with Gasteiger partial charge in [0.15, 0.2) is 0 Å². The number of carbonyl (C=O) groups excluding carboxylic acids is 1. The van der Waals surface area contributed by atoms with E-state index in [1.165, 1.54) is 12.8 Å². The van der Waals surface area contributed by atoms with Gasteiger partial charge in [-0.05, 0) is 37.5 Å². The quantitative estimate of drug-likeness (QED) is 0.787. The lowest BCUT2D eigenvalue weighted by molar-refractivity contribution is -0.142. The van der Waals surface area contributed by atoms with E-state index in [1.54, 1.807) is 11.9 Å². The Morgan fingerprint density at radius 3 is 2.30 bits per heavy atom. The average Bonchev–Trinajstić information content (AvgIpc) is 3.14. The molecule has 0 aromatic carbocycles. The third-order valence-electron chi connectivity index (χ3n) is 3.94. The Kier molecular flexibility index (Phi) is 5.42. The number of carboxylic acid groups (broad SMARTS) is 1. The first-order valence-electron chi connectivity index (χ1n) is 7.35. The minimum atomic E-state index is -0.849. The van der Waals surface area contributed by atoms with Gasteiger partial charge >= 0.3 is 12.0 Å². The molecule has 2 amide bonds. The number of nitrogens with one attached hydrogen (secondary N) is 1. The fourth-order valence-electron chi connectivity index (χ4n) is 2.40. The van der Waals surface area contributed by atoms with E-state index in [0.29, 0.717) is 12.3 Å². The maximum atomic E-state index is 12.0. The molecule has 1 aliphatic rings. The maximum absolute atomic E-state index is 12.0. The second-order valence-corrected chi connectivity index (χ2v) is 7.17. The number of hydrogen-bond acceptors (Lipinski definition) is 2. The van der Waals surface area contributed by atoms with Gasteiger partial charge in [0.1, 0.15) is 0 Å². The molecule has 0 aromatic rings. The highest BCUT2D eigenvalue weighted by molar-refractivity contribution is 5.76. The lowest BCUT2D eigenvalue weighted by Crippen LogP contribution is -2.45. The summed E-state index contributed by atoms with van der Waals surface area (Å²) in [7, 11) is 1.78. The molecule has 20 heavy (non-hydrogen) atoms. The summed E-state index contributed by atoms with van der Waals surface area (Å²) in [5.41, 5.74) is -0.0685. The van der Waals surface area contributed by atoms with Gasteiger partial charge in [0.25, 0.3) is 0 Å². The molecule has 2 N–H and O–H groups in total. The third kappa shape index (κ3) is 5.39.